The van der Waals surface area contributed by atoms with Gasteiger partial charge in [0.1, 0.15) is 0 Å². The van der Waals surface area contributed by atoms with Crippen LogP contribution in [0.5, 0.6) is 0 Å². The SMILES string of the molecule is C/C=C(\CC)C(=O)NC. The van der Waals surface area contributed by atoms with E-state index in [9.17, 15) is 4.79 Å². The van der Waals surface area contributed by atoms with Gasteiger partial charge >= 0.3 is 0 Å². The number of hydrogen-bond donors (Lipinski definition) is 1. The Balaban J connectivity index is 3.97. The number of nitrogens with one attached hydrogen (secondary N) is 1. The van der Waals surface area contributed by atoms with E-state index in [-0.39, 0.29) is 5.91 Å². The number of rotatable bonds is 2. The fraction of sp³-hybridized carbons (Fsp3) is 0.571. The molecule has 2 heteroatoms. The number of likely N-dealkylation sites (N-methyl/N-ethyl adjacent to an activating group) is 1. The summed E-state index contributed by atoms with van der Waals surface area (Å²) >= 11 is 0. The number of carbonyl (C=O) groups is 1. The Hall–Kier alpha value is -0.790. The summed E-state index contributed by atoms with van der Waals surface area (Å²) in [6.07, 6.45) is 2.63. The van der Waals surface area contributed by atoms with Crippen LogP contribution >= 0.6 is 0 Å². The van der Waals surface area contributed by atoms with Gasteiger partial charge in [0.15, 0.2) is 0 Å². The minimum Gasteiger partial charge on any atom is -0.355 e. The highest BCUT2D eigenvalue weighted by molar-refractivity contribution is 5.92. The molecule has 0 radical (unpaired) electrons. The number of hydrogen-bond acceptors (Lipinski definition) is 1. The van der Waals surface area contributed by atoms with Crippen molar-refractivity contribution in [3.05, 3.63) is 11.6 Å². The van der Waals surface area contributed by atoms with Crippen LogP contribution in [0.3, 0.4) is 0 Å². The van der Waals surface area contributed by atoms with Gasteiger partial charge in [0.2, 0.25) is 5.91 Å². The van der Waals surface area contributed by atoms with Gasteiger partial charge in [0.25, 0.3) is 0 Å². The molecule has 0 aliphatic carbocycles. The molecule has 0 aliphatic rings. The fourth-order valence-corrected chi connectivity index (χ4v) is 0.656. The summed E-state index contributed by atoms with van der Waals surface area (Å²) in [5.41, 5.74) is 0.845. The molecule has 52 valence electrons. The maximum absolute atomic E-state index is 10.8. The second-order valence-electron chi connectivity index (χ2n) is 1.75. The molecular weight excluding hydrogens is 114 g/mol. The van der Waals surface area contributed by atoms with Crippen molar-refractivity contribution in [2.24, 2.45) is 0 Å². The van der Waals surface area contributed by atoms with E-state index in [4.69, 9.17) is 0 Å². The molecule has 0 aromatic heterocycles. The first-order chi connectivity index (χ1) is 4.26. The standard InChI is InChI=1S/C7H13NO/c1-4-6(5-2)7(9)8-3/h4H,5H2,1-3H3,(H,8,9)/b6-4+. The largest absolute Gasteiger partial charge is 0.355 e. The van der Waals surface area contributed by atoms with Crippen molar-refractivity contribution in [3.63, 3.8) is 0 Å². The summed E-state index contributed by atoms with van der Waals surface area (Å²) < 4.78 is 0. The first kappa shape index (κ1) is 8.21. The van der Waals surface area contributed by atoms with Crippen LogP contribution in [0.4, 0.5) is 0 Å². The number of allylic oxidation sites excluding steroid dienone is 1. The van der Waals surface area contributed by atoms with E-state index >= 15 is 0 Å². The average Bonchev–Trinajstić information content (AvgIpc) is 1.90. The molecule has 0 saturated heterocycles. The van der Waals surface area contributed by atoms with Gasteiger partial charge in [0.05, 0.1) is 0 Å². The summed E-state index contributed by atoms with van der Waals surface area (Å²) in [5.74, 6) is 0.0278. The van der Waals surface area contributed by atoms with Gasteiger partial charge in [-0.15, -0.1) is 0 Å². The molecule has 0 saturated carbocycles. The quantitative estimate of drug-likeness (QED) is 0.553. The van der Waals surface area contributed by atoms with Gasteiger partial charge in [-0.2, -0.15) is 0 Å². The zero-order chi connectivity index (χ0) is 7.28. The van der Waals surface area contributed by atoms with Gasteiger partial charge in [-0.25, -0.2) is 0 Å². The molecule has 2 nitrogen and oxygen atoms in total. The van der Waals surface area contributed by atoms with Crippen LogP contribution in [0, 0.1) is 0 Å². The first-order valence-corrected chi connectivity index (χ1v) is 3.13. The van der Waals surface area contributed by atoms with E-state index in [1.807, 2.05) is 19.9 Å². The summed E-state index contributed by atoms with van der Waals surface area (Å²) in [6.45, 7) is 3.83. The topological polar surface area (TPSA) is 29.1 Å². The van der Waals surface area contributed by atoms with E-state index in [2.05, 4.69) is 5.32 Å². The Morgan fingerprint density at radius 3 is 2.33 bits per heavy atom. The monoisotopic (exact) mass is 127 g/mol. The van der Waals surface area contributed by atoms with Gasteiger partial charge in [-0.05, 0) is 13.3 Å². The van der Waals surface area contributed by atoms with E-state index in [1.165, 1.54) is 0 Å². The molecule has 0 atom stereocenters. The van der Waals surface area contributed by atoms with Crippen molar-refractivity contribution in [1.82, 2.24) is 5.32 Å². The van der Waals surface area contributed by atoms with Crippen molar-refractivity contribution in [2.45, 2.75) is 20.3 Å². The van der Waals surface area contributed by atoms with Crippen LogP contribution < -0.4 is 5.32 Å². The molecule has 1 amide bonds. The second kappa shape index (κ2) is 4.13. The van der Waals surface area contributed by atoms with Gasteiger partial charge in [-0.1, -0.05) is 13.0 Å². The van der Waals surface area contributed by atoms with Crippen molar-refractivity contribution < 1.29 is 4.79 Å². The maximum Gasteiger partial charge on any atom is 0.246 e. The van der Waals surface area contributed by atoms with Gasteiger partial charge in [-0.3, -0.25) is 4.79 Å². The minimum absolute atomic E-state index is 0.0278. The molecule has 0 rings (SSSR count). The molecule has 1 N–H and O–H groups in total. The number of amides is 1. The molecule has 0 aromatic carbocycles. The summed E-state index contributed by atoms with van der Waals surface area (Å²) in [6, 6.07) is 0. The van der Waals surface area contributed by atoms with E-state index in [0.717, 1.165) is 12.0 Å². The molecule has 0 unspecified atom stereocenters. The third kappa shape index (κ3) is 2.31. The van der Waals surface area contributed by atoms with Crippen LogP contribution in [-0.2, 0) is 4.79 Å². The molecule has 0 heterocycles. The minimum atomic E-state index is 0.0278. The Bertz CT molecular complexity index is 127. The zero-order valence-corrected chi connectivity index (χ0v) is 6.19. The fourth-order valence-electron chi connectivity index (χ4n) is 0.656. The zero-order valence-electron chi connectivity index (χ0n) is 6.19. The molecular formula is C7H13NO. The van der Waals surface area contributed by atoms with Crippen LogP contribution in [0.15, 0.2) is 11.6 Å². The van der Waals surface area contributed by atoms with Gasteiger partial charge < -0.3 is 5.32 Å². The van der Waals surface area contributed by atoms with Crippen molar-refractivity contribution in [2.75, 3.05) is 7.05 Å². The Labute approximate surface area is 56.0 Å². The molecule has 0 aliphatic heterocycles. The smallest absolute Gasteiger partial charge is 0.246 e. The average molecular weight is 127 g/mol. The Morgan fingerprint density at radius 1 is 1.67 bits per heavy atom. The van der Waals surface area contributed by atoms with Crippen molar-refractivity contribution in [3.8, 4) is 0 Å². The van der Waals surface area contributed by atoms with E-state index in [1.54, 1.807) is 7.05 Å². The predicted octanol–water partition coefficient (Wildman–Crippen LogP) is 1.09. The third-order valence-corrected chi connectivity index (χ3v) is 1.25. The summed E-state index contributed by atoms with van der Waals surface area (Å²) in [4.78, 5) is 10.8. The lowest BCUT2D eigenvalue weighted by Crippen LogP contribution is -2.19. The first-order valence-electron chi connectivity index (χ1n) is 3.13. The van der Waals surface area contributed by atoms with Crippen LogP contribution in [0.25, 0.3) is 0 Å². The third-order valence-electron chi connectivity index (χ3n) is 1.25. The van der Waals surface area contributed by atoms with Gasteiger partial charge in [0, 0.05) is 12.6 Å². The Morgan fingerprint density at radius 2 is 2.22 bits per heavy atom. The van der Waals surface area contributed by atoms with Crippen molar-refractivity contribution in [1.29, 1.82) is 0 Å². The normalized spacial score (nSPS) is 11.2. The lowest BCUT2D eigenvalue weighted by atomic mass is 10.2. The van der Waals surface area contributed by atoms with Crippen molar-refractivity contribution >= 4 is 5.91 Å². The Kier molecular flexibility index (Phi) is 3.76. The highest BCUT2D eigenvalue weighted by Crippen LogP contribution is 1.97. The van der Waals surface area contributed by atoms with E-state index < -0.39 is 0 Å². The highest BCUT2D eigenvalue weighted by atomic mass is 16.1. The lowest BCUT2D eigenvalue weighted by molar-refractivity contribution is -0.117. The second-order valence-corrected chi connectivity index (χ2v) is 1.75. The highest BCUT2D eigenvalue weighted by Gasteiger charge is 2.00. The van der Waals surface area contributed by atoms with E-state index in [0.29, 0.717) is 0 Å². The summed E-state index contributed by atoms with van der Waals surface area (Å²) in [7, 11) is 1.64. The summed E-state index contributed by atoms with van der Waals surface area (Å²) in [5, 5.41) is 2.56. The van der Waals surface area contributed by atoms with Crippen LogP contribution in [0.1, 0.15) is 20.3 Å². The molecule has 0 fully saturated rings. The predicted molar refractivity (Wildman–Crippen MR) is 38.1 cm³/mol. The molecule has 0 aromatic rings. The maximum atomic E-state index is 10.8. The molecule has 0 bridgehead atoms. The molecule has 0 spiro atoms. The van der Waals surface area contributed by atoms with Crippen LogP contribution in [-0.4, -0.2) is 13.0 Å². The van der Waals surface area contributed by atoms with Crippen LogP contribution in [0.2, 0.25) is 0 Å². The number of carbonyl (C=O) groups excluding carboxylic acids is 1. The lowest BCUT2D eigenvalue weighted by Gasteiger charge is -1.99. The molecule has 9 heavy (non-hydrogen) atoms.